The first-order valence-corrected chi connectivity index (χ1v) is 29.2. The lowest BCUT2D eigenvalue weighted by atomic mass is 9.89. The summed E-state index contributed by atoms with van der Waals surface area (Å²) < 4.78 is 56.7. The van der Waals surface area contributed by atoms with Gasteiger partial charge < -0.3 is 52.2 Å². The Hall–Kier alpha value is -2.18. The Balaban J connectivity index is 0.000000332. The Labute approximate surface area is 410 Å². The second kappa shape index (κ2) is 32.7. The predicted octanol–water partition coefficient (Wildman–Crippen LogP) is 9.77. The van der Waals surface area contributed by atoms with E-state index in [0.29, 0.717) is 38.9 Å². The maximum atomic E-state index is 11.9. The number of unbranched alkanes of at least 4 members (excludes halogenated alkanes) is 6. The van der Waals surface area contributed by atoms with Crippen LogP contribution < -0.4 is 0 Å². The summed E-state index contributed by atoms with van der Waals surface area (Å²) in [4.78, 5) is 46.0. The van der Waals surface area contributed by atoms with Crippen molar-refractivity contribution in [2.75, 3.05) is 53.9 Å². The van der Waals surface area contributed by atoms with E-state index >= 15 is 0 Å². The van der Waals surface area contributed by atoms with Crippen LogP contribution in [0, 0.1) is 23.7 Å². The van der Waals surface area contributed by atoms with Crippen LogP contribution in [0.3, 0.4) is 0 Å². The van der Waals surface area contributed by atoms with Gasteiger partial charge in [-0.1, -0.05) is 59.3 Å². The molecule has 5 aliphatic rings. The van der Waals surface area contributed by atoms with Gasteiger partial charge in [0.15, 0.2) is 20.9 Å². The van der Waals surface area contributed by atoms with E-state index in [1.165, 1.54) is 40.9 Å². The molecule has 5 rings (SSSR count). The lowest BCUT2D eigenvalue weighted by molar-refractivity contribution is -0.198. The van der Waals surface area contributed by atoms with Gasteiger partial charge in [0, 0.05) is 103 Å². The molecule has 15 nitrogen and oxygen atoms in total. The van der Waals surface area contributed by atoms with Crippen LogP contribution in [0.4, 0.5) is 0 Å². The number of rotatable bonds is 24. The molecule has 5 fully saturated rings. The summed E-state index contributed by atoms with van der Waals surface area (Å²) in [5.74, 6) is -0.463. The van der Waals surface area contributed by atoms with Crippen molar-refractivity contribution in [3.8, 4) is 0 Å². The van der Waals surface area contributed by atoms with E-state index in [1.807, 2.05) is 0 Å². The Morgan fingerprint density at radius 3 is 1.37 bits per heavy atom. The Kier molecular flexibility index (Phi) is 28.9. The second-order valence-corrected chi connectivity index (χ2v) is 25.8. The highest BCUT2D eigenvalue weighted by molar-refractivity contribution is 6.74. The molecule has 2 saturated carbocycles. The molecule has 68 heavy (non-hydrogen) atoms. The van der Waals surface area contributed by atoms with E-state index in [4.69, 9.17) is 42.3 Å². The van der Waals surface area contributed by atoms with E-state index < -0.39 is 8.32 Å². The van der Waals surface area contributed by atoms with E-state index in [-0.39, 0.29) is 96.2 Å². The van der Waals surface area contributed by atoms with Crippen molar-refractivity contribution in [1.82, 2.24) is 0 Å². The smallest absolute Gasteiger partial charge is 0.305 e. The van der Waals surface area contributed by atoms with Gasteiger partial charge in [0.25, 0.3) is 0 Å². The summed E-state index contributed by atoms with van der Waals surface area (Å²) in [6.45, 7) is 18.3. The molecular weight excluding hydrogens is 893 g/mol. The molecule has 0 bridgehead atoms. The maximum Gasteiger partial charge on any atom is 0.305 e. The highest BCUT2D eigenvalue weighted by Gasteiger charge is 2.49. The number of methoxy groups -OCH3 is 2. The van der Waals surface area contributed by atoms with Crippen LogP contribution in [-0.4, -0.2) is 128 Å². The third kappa shape index (κ3) is 22.5. The minimum atomic E-state index is -1.94. The van der Waals surface area contributed by atoms with Gasteiger partial charge >= 0.3 is 23.9 Å². The summed E-state index contributed by atoms with van der Waals surface area (Å²) in [5.41, 5.74) is 0. The fraction of sp³-hybridized carbons (Fsp3) is 0.923. The molecule has 3 saturated heterocycles. The molecule has 1 N–H and O–H groups in total. The Morgan fingerprint density at radius 2 is 1.00 bits per heavy atom. The first-order chi connectivity index (χ1) is 32.5. The van der Waals surface area contributed by atoms with Crippen molar-refractivity contribution in [2.45, 2.75) is 231 Å². The van der Waals surface area contributed by atoms with Gasteiger partial charge in [0.1, 0.15) is 12.2 Å². The number of hydrogen-bond donors (Lipinski definition) is 1. The van der Waals surface area contributed by atoms with Crippen LogP contribution in [0.15, 0.2) is 0 Å². The molecule has 2 aliphatic carbocycles. The molecule has 0 aromatic rings. The van der Waals surface area contributed by atoms with E-state index in [0.717, 1.165) is 123 Å². The Bertz CT molecular complexity index is 1400. The lowest BCUT2D eigenvalue weighted by Crippen LogP contribution is -2.44. The molecular formula is C52H94O15Si. The molecule has 16 heteroatoms. The van der Waals surface area contributed by atoms with Gasteiger partial charge in [-0.25, -0.2) is 0 Å². The van der Waals surface area contributed by atoms with Gasteiger partial charge in [-0.05, 0) is 95.2 Å². The monoisotopic (exact) mass is 987 g/mol. The molecule has 3 heterocycles. The molecule has 396 valence electrons. The van der Waals surface area contributed by atoms with Crippen molar-refractivity contribution in [1.29, 1.82) is 0 Å². The zero-order valence-electron chi connectivity index (χ0n) is 43.7. The van der Waals surface area contributed by atoms with E-state index in [2.05, 4.69) is 38.6 Å². The van der Waals surface area contributed by atoms with Gasteiger partial charge in [-0.3, -0.25) is 19.2 Å². The van der Waals surface area contributed by atoms with Crippen LogP contribution in [0.2, 0.25) is 18.1 Å². The van der Waals surface area contributed by atoms with Crippen molar-refractivity contribution in [3.63, 3.8) is 0 Å². The van der Waals surface area contributed by atoms with E-state index in [9.17, 15) is 24.3 Å². The number of hydrogen-bond acceptors (Lipinski definition) is 15. The fourth-order valence-corrected chi connectivity index (χ4v) is 10.9. The zero-order valence-corrected chi connectivity index (χ0v) is 44.7. The number of aliphatic hydroxyl groups excluding tert-OH is 1. The van der Waals surface area contributed by atoms with Crippen molar-refractivity contribution in [3.05, 3.63) is 0 Å². The average Bonchev–Trinajstić information content (AvgIpc) is 4.06. The van der Waals surface area contributed by atoms with Crippen molar-refractivity contribution >= 4 is 32.2 Å². The third-order valence-corrected chi connectivity index (χ3v) is 19.3. The normalized spacial score (nSPS) is 28.4. The highest BCUT2D eigenvalue weighted by Crippen LogP contribution is 2.44. The number of esters is 4. The van der Waals surface area contributed by atoms with Gasteiger partial charge in [0.05, 0.1) is 26.4 Å². The largest absolute Gasteiger partial charge is 0.469 e. The topological polar surface area (TPSA) is 181 Å². The molecule has 0 amide bonds. The maximum absolute atomic E-state index is 11.9. The SMILES string of the molecule is C1CCOC1.COC(=O)CCCCCC[C@@H]1[C@@H](CO)[C@H](OC2CCCCO2)C[C@@H]1OC(C)=O.COC(=O)CCCCCC[C@@H]1[C@@H](CO[Si](C)(C)C(C)(C)C)[C@H](OC2CCCCO2)C[C@@H]1OC(C)=O. The molecule has 2 unspecified atom stereocenters. The number of ether oxygens (including phenoxy) is 9. The molecule has 0 aromatic heterocycles. The molecule has 10 atom stereocenters. The molecule has 0 aromatic carbocycles. The standard InChI is InChI=1S/C27H50O7Si.C21H36O7.C4H8O/c1-20(28)33-23-18-24(34-26-16-12-13-17-31-26)22(19-32-35(6,7)27(2,3)4)21(23)14-10-8-9-11-15-25(29)30-5;1-15(23)27-18-13-19(28-21-11-7-8-12-26-21)17(14-22)16(18)9-5-3-4-6-10-20(24)25-2;1-2-4-5-3-1/h21-24,26H,8-19H2,1-7H3;16-19,21-22H,3-14H2,1-2H3;1-4H2/t21-,22-,23+,24-,26?;16-,17-,18+,19-,21?;/m11./s1. The minimum absolute atomic E-state index is 0.0160. The molecule has 0 spiro atoms. The molecule has 0 radical (unpaired) electrons. The summed E-state index contributed by atoms with van der Waals surface area (Å²) in [6.07, 6.45) is 19.4. The quantitative estimate of drug-likeness (QED) is 0.0417. The van der Waals surface area contributed by atoms with Crippen molar-refractivity contribution < 1.29 is 71.3 Å². The summed E-state index contributed by atoms with van der Waals surface area (Å²) in [7, 11) is 0.898. The summed E-state index contributed by atoms with van der Waals surface area (Å²) in [5, 5.41) is 10.1. The van der Waals surface area contributed by atoms with Gasteiger partial charge in [0.2, 0.25) is 0 Å². The fourth-order valence-electron chi connectivity index (χ4n) is 9.82. The van der Waals surface area contributed by atoms with E-state index in [1.54, 1.807) is 0 Å². The summed E-state index contributed by atoms with van der Waals surface area (Å²) >= 11 is 0. The number of aliphatic hydroxyl groups is 1. The molecule has 3 aliphatic heterocycles. The second-order valence-electron chi connectivity index (χ2n) is 21.0. The highest BCUT2D eigenvalue weighted by atomic mass is 28.4. The zero-order chi connectivity index (χ0) is 50.0. The predicted molar refractivity (Wildman–Crippen MR) is 261 cm³/mol. The van der Waals surface area contributed by atoms with Crippen LogP contribution in [-0.2, 0) is 66.2 Å². The number of carbonyl (C=O) groups excluding carboxylic acids is 4. The summed E-state index contributed by atoms with van der Waals surface area (Å²) in [6, 6.07) is 0. The van der Waals surface area contributed by atoms with Gasteiger partial charge in [-0.2, -0.15) is 0 Å². The van der Waals surface area contributed by atoms with Crippen LogP contribution in [0.5, 0.6) is 0 Å². The number of carbonyl (C=O) groups is 4. The van der Waals surface area contributed by atoms with Crippen LogP contribution in [0.25, 0.3) is 0 Å². The lowest BCUT2D eigenvalue weighted by Gasteiger charge is -2.39. The third-order valence-electron chi connectivity index (χ3n) is 14.8. The minimum Gasteiger partial charge on any atom is -0.469 e. The first kappa shape index (κ1) is 60.1. The van der Waals surface area contributed by atoms with Gasteiger partial charge in [-0.15, -0.1) is 0 Å². The van der Waals surface area contributed by atoms with Crippen LogP contribution >= 0.6 is 0 Å². The Morgan fingerprint density at radius 1 is 0.574 bits per heavy atom. The van der Waals surface area contributed by atoms with Crippen LogP contribution in [0.1, 0.15) is 176 Å². The average molecular weight is 987 g/mol. The van der Waals surface area contributed by atoms with Crippen molar-refractivity contribution in [2.24, 2.45) is 23.7 Å². The first-order valence-electron chi connectivity index (χ1n) is 26.3.